The van der Waals surface area contributed by atoms with Gasteiger partial charge in [0.2, 0.25) is 6.29 Å². The van der Waals surface area contributed by atoms with Gasteiger partial charge < -0.3 is 64.5 Å². The Morgan fingerprint density at radius 2 is 1.73 bits per heavy atom. The number of hydrogen-bond acceptors (Lipinski definition) is 14. The molecule has 242 valence electrons. The number of Topliss-reactive ketones (excluding diaryl/α,β-unsaturated/α-hetero) is 1. The van der Waals surface area contributed by atoms with E-state index < -0.39 is 73.3 Å². The summed E-state index contributed by atoms with van der Waals surface area (Å²) in [5.74, 6) is -1.16. The number of hydrogen-bond donors (Lipinski definition) is 8. The fraction of sp³-hybridized carbons (Fsp3) is 0.567. The van der Waals surface area contributed by atoms with Crippen LogP contribution in [0.1, 0.15) is 47.7 Å². The van der Waals surface area contributed by atoms with E-state index in [1.165, 1.54) is 25.3 Å². The first-order valence-electron chi connectivity index (χ1n) is 14.4. The molecular formula is C30H38O14. The summed E-state index contributed by atoms with van der Waals surface area (Å²) >= 11 is 0. The summed E-state index contributed by atoms with van der Waals surface area (Å²) in [6, 6.07) is 7.00. The zero-order chi connectivity index (χ0) is 31.7. The number of carbonyl (C=O) groups excluding carboxylic acids is 1. The Hall–Kier alpha value is -3.21. The lowest BCUT2D eigenvalue weighted by molar-refractivity contribution is -0.282. The predicted octanol–water partition coefficient (Wildman–Crippen LogP) is -0.101. The lowest BCUT2D eigenvalue weighted by Crippen LogP contribution is -2.60. The first-order valence-corrected chi connectivity index (χ1v) is 14.4. The standard InChI is InChI=1S/C30H38O14/c1-40-21-5-3-13(7-18(21)33)22-10-20(35)25-19(34)8-15(9-23(25)43-22)42-30-29(39)28(38)27(37)24(44-30)12-41-16(11-31)6-14-2-4-17(32)26(14)36/h3,5,7-9,14,16-17,22,24,26-34,36-39H,2,4,6,10-12H2,1H3/t14?,16-,17-,22?,24?,26+,27-,28?,29+,30-/m1/s1. The first-order chi connectivity index (χ1) is 21.0. The second-order valence-corrected chi connectivity index (χ2v) is 11.4. The SMILES string of the molecule is COc1ccc(C2CC(=O)c3c(O)cc(O[C@@H]4OC(CO[C@@H](CO)CC5CC[C@@H](O)[C@H]5O)[C@@H](O)C(O)[C@@H]4O)cc3O2)cc1O. The molecule has 0 amide bonds. The topological polar surface area (TPSA) is 225 Å². The minimum atomic E-state index is -1.72. The highest BCUT2D eigenvalue weighted by Gasteiger charge is 2.46. The lowest BCUT2D eigenvalue weighted by atomic mass is 9.95. The van der Waals surface area contributed by atoms with E-state index in [4.69, 9.17) is 23.7 Å². The number of methoxy groups -OCH3 is 1. The van der Waals surface area contributed by atoms with E-state index in [0.717, 1.165) is 6.07 Å². The fourth-order valence-electron chi connectivity index (χ4n) is 5.92. The van der Waals surface area contributed by atoms with Crippen molar-refractivity contribution in [2.75, 3.05) is 20.3 Å². The number of ether oxygens (including phenoxy) is 5. The van der Waals surface area contributed by atoms with Gasteiger partial charge in [0.05, 0.1) is 45.1 Å². The van der Waals surface area contributed by atoms with Crippen molar-refractivity contribution in [3.8, 4) is 28.7 Å². The van der Waals surface area contributed by atoms with Crippen molar-refractivity contribution >= 4 is 5.78 Å². The maximum absolute atomic E-state index is 12.9. The second kappa shape index (κ2) is 13.4. The van der Waals surface area contributed by atoms with Crippen molar-refractivity contribution in [1.82, 2.24) is 0 Å². The van der Waals surface area contributed by atoms with Crippen molar-refractivity contribution in [2.24, 2.45) is 5.92 Å². The van der Waals surface area contributed by atoms with Gasteiger partial charge in [-0.1, -0.05) is 6.07 Å². The Labute approximate surface area is 252 Å². The van der Waals surface area contributed by atoms with E-state index in [-0.39, 0.29) is 53.9 Å². The number of ketones is 1. The molecule has 10 atom stereocenters. The van der Waals surface area contributed by atoms with Gasteiger partial charge in [-0.3, -0.25) is 4.79 Å². The van der Waals surface area contributed by atoms with Crippen LogP contribution in [0.15, 0.2) is 30.3 Å². The number of aromatic hydroxyl groups is 2. The van der Waals surface area contributed by atoms with E-state index in [2.05, 4.69) is 0 Å². The van der Waals surface area contributed by atoms with Crippen molar-refractivity contribution in [3.63, 3.8) is 0 Å². The number of phenols is 2. The van der Waals surface area contributed by atoms with Gasteiger partial charge in [-0.25, -0.2) is 0 Å². The van der Waals surface area contributed by atoms with Crippen LogP contribution in [0, 0.1) is 5.92 Å². The van der Waals surface area contributed by atoms with Gasteiger partial charge >= 0.3 is 0 Å². The van der Waals surface area contributed by atoms with E-state index in [1.54, 1.807) is 6.07 Å². The largest absolute Gasteiger partial charge is 0.507 e. The van der Waals surface area contributed by atoms with E-state index in [9.17, 15) is 45.6 Å². The lowest BCUT2D eigenvalue weighted by Gasteiger charge is -2.40. The van der Waals surface area contributed by atoms with Gasteiger partial charge in [-0.05, 0) is 42.9 Å². The van der Waals surface area contributed by atoms with Crippen molar-refractivity contribution in [3.05, 3.63) is 41.5 Å². The smallest absolute Gasteiger partial charge is 0.229 e. The van der Waals surface area contributed by atoms with Gasteiger partial charge in [0.15, 0.2) is 17.3 Å². The van der Waals surface area contributed by atoms with Crippen LogP contribution >= 0.6 is 0 Å². The molecule has 3 aliphatic rings. The maximum atomic E-state index is 12.9. The molecule has 8 N–H and O–H groups in total. The number of rotatable bonds is 10. The summed E-state index contributed by atoms with van der Waals surface area (Å²) in [5.41, 5.74) is 0.409. The predicted molar refractivity (Wildman–Crippen MR) is 149 cm³/mol. The number of benzene rings is 2. The highest BCUT2D eigenvalue weighted by atomic mass is 16.7. The van der Waals surface area contributed by atoms with Gasteiger partial charge in [0, 0.05) is 12.1 Å². The molecule has 2 aromatic carbocycles. The minimum Gasteiger partial charge on any atom is -0.507 e. The molecule has 2 heterocycles. The van der Waals surface area contributed by atoms with E-state index in [0.29, 0.717) is 18.4 Å². The number of aliphatic hydroxyl groups is 6. The Kier molecular flexibility index (Phi) is 9.82. The molecule has 4 unspecified atom stereocenters. The summed E-state index contributed by atoms with van der Waals surface area (Å²) in [4.78, 5) is 12.9. The maximum Gasteiger partial charge on any atom is 0.229 e. The molecule has 0 aromatic heterocycles. The Morgan fingerprint density at radius 3 is 2.39 bits per heavy atom. The van der Waals surface area contributed by atoms with Crippen LogP contribution in [0.4, 0.5) is 0 Å². The summed E-state index contributed by atoms with van der Waals surface area (Å²) in [6.07, 6.45) is -9.99. The molecule has 1 aliphatic carbocycles. The van der Waals surface area contributed by atoms with Crippen LogP contribution < -0.4 is 14.2 Å². The quantitative estimate of drug-likeness (QED) is 0.173. The van der Waals surface area contributed by atoms with Crippen LogP contribution in [0.5, 0.6) is 28.7 Å². The second-order valence-electron chi connectivity index (χ2n) is 11.4. The van der Waals surface area contributed by atoms with E-state index in [1.807, 2.05) is 0 Å². The summed E-state index contributed by atoms with van der Waals surface area (Å²) < 4.78 is 28.2. The molecule has 0 radical (unpaired) electrons. The molecule has 2 aliphatic heterocycles. The molecule has 5 rings (SSSR count). The number of carbonyl (C=O) groups is 1. The van der Waals surface area contributed by atoms with Crippen LogP contribution in [-0.2, 0) is 9.47 Å². The molecule has 1 saturated carbocycles. The zero-order valence-electron chi connectivity index (χ0n) is 23.9. The van der Waals surface area contributed by atoms with Crippen LogP contribution in [0.2, 0.25) is 0 Å². The Morgan fingerprint density at radius 1 is 0.955 bits per heavy atom. The Balaban J connectivity index is 1.27. The van der Waals surface area contributed by atoms with Crippen molar-refractivity contribution < 1.29 is 69.3 Å². The summed E-state index contributed by atoms with van der Waals surface area (Å²) in [5, 5.41) is 82.1. The van der Waals surface area contributed by atoms with Crippen LogP contribution in [0.3, 0.4) is 0 Å². The molecule has 14 heteroatoms. The van der Waals surface area contributed by atoms with Crippen molar-refractivity contribution in [2.45, 2.75) is 80.8 Å². The first kappa shape index (κ1) is 32.2. The van der Waals surface area contributed by atoms with Crippen molar-refractivity contribution in [1.29, 1.82) is 0 Å². The molecule has 2 fully saturated rings. The average molecular weight is 623 g/mol. The van der Waals surface area contributed by atoms with Gasteiger partial charge in [-0.2, -0.15) is 0 Å². The Bertz CT molecular complexity index is 1320. The third-order valence-corrected chi connectivity index (χ3v) is 8.45. The van der Waals surface area contributed by atoms with E-state index >= 15 is 0 Å². The monoisotopic (exact) mass is 622 g/mol. The number of phenolic OH excluding ortho intramolecular Hbond substituents is 2. The minimum absolute atomic E-state index is 0.0210. The normalized spacial score (nSPS) is 32.5. The number of fused-ring (bicyclic) bond motifs is 1. The third kappa shape index (κ3) is 6.57. The van der Waals surface area contributed by atoms with Gasteiger partial charge in [-0.15, -0.1) is 0 Å². The third-order valence-electron chi connectivity index (χ3n) is 8.45. The molecule has 14 nitrogen and oxygen atoms in total. The van der Waals surface area contributed by atoms with Crippen LogP contribution in [0.25, 0.3) is 0 Å². The van der Waals surface area contributed by atoms with Gasteiger partial charge in [0.1, 0.15) is 53.3 Å². The molecule has 0 spiro atoms. The zero-order valence-corrected chi connectivity index (χ0v) is 23.9. The average Bonchev–Trinajstić information content (AvgIpc) is 3.31. The van der Waals surface area contributed by atoms with Crippen LogP contribution in [-0.4, -0.2) is 116 Å². The molecule has 0 bridgehead atoms. The molecular weight excluding hydrogens is 584 g/mol. The molecule has 44 heavy (non-hydrogen) atoms. The summed E-state index contributed by atoms with van der Waals surface area (Å²) in [6.45, 7) is -0.720. The highest BCUT2D eigenvalue weighted by molar-refractivity contribution is 6.02. The number of aliphatic hydroxyl groups excluding tert-OH is 6. The molecule has 2 aromatic rings. The highest BCUT2D eigenvalue weighted by Crippen LogP contribution is 2.43. The van der Waals surface area contributed by atoms with Gasteiger partial charge in [0.25, 0.3) is 0 Å². The molecule has 1 saturated heterocycles. The fourth-order valence-corrected chi connectivity index (χ4v) is 5.92. The summed E-state index contributed by atoms with van der Waals surface area (Å²) in [7, 11) is 1.40.